The Morgan fingerprint density at radius 1 is 1.15 bits per heavy atom. The van der Waals surface area contributed by atoms with Crippen LogP contribution in [-0.2, 0) is 0 Å². The number of carbonyl (C=O) groups is 1. The second-order valence-electron chi connectivity index (χ2n) is 7.04. The SMILES string of the molecule is O=C(Nc1ccccc1SC1CCCC1)c1cn(C2CCNCC2)nn1. The van der Waals surface area contributed by atoms with Crippen LogP contribution in [0.4, 0.5) is 5.69 Å². The van der Waals surface area contributed by atoms with Crippen LogP contribution >= 0.6 is 11.8 Å². The molecule has 1 saturated heterocycles. The molecule has 0 bridgehead atoms. The number of carbonyl (C=O) groups excluding carboxylic acids is 1. The number of amides is 1. The van der Waals surface area contributed by atoms with Gasteiger partial charge in [-0.1, -0.05) is 30.2 Å². The maximum absolute atomic E-state index is 12.7. The third kappa shape index (κ3) is 4.10. The van der Waals surface area contributed by atoms with Crippen molar-refractivity contribution in [3.63, 3.8) is 0 Å². The average molecular weight is 372 g/mol. The summed E-state index contributed by atoms with van der Waals surface area (Å²) in [5.74, 6) is -0.190. The molecule has 2 fully saturated rings. The van der Waals surface area contributed by atoms with E-state index in [1.807, 2.05) is 34.6 Å². The maximum Gasteiger partial charge on any atom is 0.277 e. The van der Waals surface area contributed by atoms with Gasteiger partial charge in [0.05, 0.1) is 17.9 Å². The molecule has 2 aromatic rings. The van der Waals surface area contributed by atoms with Crippen LogP contribution in [0.5, 0.6) is 0 Å². The van der Waals surface area contributed by atoms with Gasteiger partial charge in [-0.3, -0.25) is 4.79 Å². The van der Waals surface area contributed by atoms with Crippen molar-refractivity contribution in [3.8, 4) is 0 Å². The fourth-order valence-electron chi connectivity index (χ4n) is 3.68. The van der Waals surface area contributed by atoms with Gasteiger partial charge in [0.1, 0.15) is 0 Å². The highest BCUT2D eigenvalue weighted by molar-refractivity contribution is 8.00. The Balaban J connectivity index is 1.44. The standard InChI is InChI=1S/C19H25N5OS/c25-19(17-13-24(23-22-17)14-9-11-20-12-10-14)21-16-7-3-4-8-18(16)26-15-5-1-2-6-15/h3-4,7-8,13-15,20H,1-2,5-6,9-12H2,(H,21,25). The third-order valence-electron chi connectivity index (χ3n) is 5.16. The largest absolute Gasteiger partial charge is 0.320 e. The molecule has 26 heavy (non-hydrogen) atoms. The molecule has 0 radical (unpaired) electrons. The average Bonchev–Trinajstić information content (AvgIpc) is 3.36. The summed E-state index contributed by atoms with van der Waals surface area (Å²) in [5, 5.41) is 15.3. The molecule has 1 aromatic carbocycles. The highest BCUT2D eigenvalue weighted by atomic mass is 32.2. The molecule has 1 amide bonds. The van der Waals surface area contributed by atoms with E-state index in [1.54, 1.807) is 6.20 Å². The summed E-state index contributed by atoms with van der Waals surface area (Å²) in [5.41, 5.74) is 1.25. The Labute approximate surface area is 158 Å². The van der Waals surface area contributed by atoms with Crippen molar-refractivity contribution in [1.29, 1.82) is 0 Å². The minimum absolute atomic E-state index is 0.190. The quantitative estimate of drug-likeness (QED) is 0.842. The number of para-hydroxylation sites is 1. The van der Waals surface area contributed by atoms with Gasteiger partial charge in [0, 0.05) is 10.1 Å². The first-order valence-corrected chi connectivity index (χ1v) is 10.4. The molecule has 4 rings (SSSR count). The van der Waals surface area contributed by atoms with E-state index in [-0.39, 0.29) is 5.91 Å². The molecule has 138 valence electrons. The Morgan fingerprint density at radius 2 is 1.92 bits per heavy atom. The number of piperidine rings is 1. The number of rotatable bonds is 5. The van der Waals surface area contributed by atoms with Crippen LogP contribution in [-0.4, -0.2) is 39.2 Å². The van der Waals surface area contributed by atoms with Gasteiger partial charge in [0.15, 0.2) is 5.69 Å². The Kier molecular flexibility index (Phi) is 5.55. The van der Waals surface area contributed by atoms with Crippen LogP contribution < -0.4 is 10.6 Å². The Hall–Kier alpha value is -1.86. The highest BCUT2D eigenvalue weighted by Crippen LogP contribution is 2.38. The number of nitrogens with zero attached hydrogens (tertiary/aromatic N) is 3. The molecule has 1 aromatic heterocycles. The fraction of sp³-hybridized carbons (Fsp3) is 0.526. The lowest BCUT2D eigenvalue weighted by Crippen LogP contribution is -2.29. The van der Waals surface area contributed by atoms with E-state index in [4.69, 9.17) is 0 Å². The minimum atomic E-state index is -0.190. The smallest absolute Gasteiger partial charge is 0.277 e. The van der Waals surface area contributed by atoms with Gasteiger partial charge in [0.2, 0.25) is 0 Å². The third-order valence-corrected chi connectivity index (χ3v) is 6.57. The van der Waals surface area contributed by atoms with Gasteiger partial charge < -0.3 is 10.6 Å². The summed E-state index contributed by atoms with van der Waals surface area (Å²) in [6.07, 6.45) is 8.96. The molecule has 2 aliphatic rings. The first-order valence-electron chi connectivity index (χ1n) is 9.49. The molecular weight excluding hydrogens is 346 g/mol. The second-order valence-corrected chi connectivity index (χ2v) is 8.38. The molecule has 0 unspecified atom stereocenters. The number of aromatic nitrogens is 3. The van der Waals surface area contributed by atoms with Gasteiger partial charge >= 0.3 is 0 Å². The summed E-state index contributed by atoms with van der Waals surface area (Å²) in [6, 6.07) is 8.37. The molecular formula is C19H25N5OS. The normalized spacial score (nSPS) is 18.9. The van der Waals surface area contributed by atoms with Crippen LogP contribution in [0.3, 0.4) is 0 Å². The van der Waals surface area contributed by atoms with Crippen LogP contribution in [0, 0.1) is 0 Å². The molecule has 1 saturated carbocycles. The van der Waals surface area contributed by atoms with E-state index in [0.717, 1.165) is 36.5 Å². The van der Waals surface area contributed by atoms with Crippen LogP contribution in [0.25, 0.3) is 0 Å². The highest BCUT2D eigenvalue weighted by Gasteiger charge is 2.21. The topological polar surface area (TPSA) is 71.8 Å². The lowest BCUT2D eigenvalue weighted by atomic mass is 10.1. The molecule has 0 atom stereocenters. The van der Waals surface area contributed by atoms with Crippen molar-refractivity contribution in [2.45, 2.75) is 54.7 Å². The number of nitrogens with one attached hydrogen (secondary N) is 2. The van der Waals surface area contributed by atoms with Crippen molar-refractivity contribution in [3.05, 3.63) is 36.2 Å². The van der Waals surface area contributed by atoms with Crippen molar-refractivity contribution in [2.75, 3.05) is 18.4 Å². The zero-order valence-corrected chi connectivity index (χ0v) is 15.7. The van der Waals surface area contributed by atoms with Crippen molar-refractivity contribution < 1.29 is 4.79 Å². The van der Waals surface area contributed by atoms with Gasteiger partial charge in [-0.25, -0.2) is 4.68 Å². The molecule has 6 nitrogen and oxygen atoms in total. The number of hydrogen-bond donors (Lipinski definition) is 2. The zero-order chi connectivity index (χ0) is 17.8. The molecule has 2 heterocycles. The summed E-state index contributed by atoms with van der Waals surface area (Å²) in [6.45, 7) is 1.97. The van der Waals surface area contributed by atoms with E-state index >= 15 is 0 Å². The van der Waals surface area contributed by atoms with E-state index in [0.29, 0.717) is 17.0 Å². The fourth-order valence-corrected chi connectivity index (χ4v) is 5.01. The summed E-state index contributed by atoms with van der Waals surface area (Å²) < 4.78 is 1.84. The van der Waals surface area contributed by atoms with Gasteiger partial charge in [-0.15, -0.1) is 16.9 Å². The second kappa shape index (κ2) is 8.22. The number of benzene rings is 1. The molecule has 1 aliphatic carbocycles. The monoisotopic (exact) mass is 371 g/mol. The molecule has 1 aliphatic heterocycles. The van der Waals surface area contributed by atoms with Crippen molar-refractivity contribution in [2.24, 2.45) is 0 Å². The van der Waals surface area contributed by atoms with Crippen LogP contribution in [0.1, 0.15) is 55.1 Å². The lowest BCUT2D eigenvalue weighted by molar-refractivity contribution is 0.102. The van der Waals surface area contributed by atoms with Crippen molar-refractivity contribution >= 4 is 23.4 Å². The van der Waals surface area contributed by atoms with Gasteiger partial charge in [-0.05, 0) is 50.9 Å². The van der Waals surface area contributed by atoms with E-state index < -0.39 is 0 Å². The lowest BCUT2D eigenvalue weighted by Gasteiger charge is -2.22. The summed E-state index contributed by atoms with van der Waals surface area (Å²) >= 11 is 1.88. The predicted molar refractivity (Wildman–Crippen MR) is 104 cm³/mol. The predicted octanol–water partition coefficient (Wildman–Crippen LogP) is 3.49. The van der Waals surface area contributed by atoms with Crippen molar-refractivity contribution in [1.82, 2.24) is 20.3 Å². The molecule has 0 spiro atoms. The van der Waals surface area contributed by atoms with Gasteiger partial charge in [-0.2, -0.15) is 0 Å². The summed E-state index contributed by atoms with van der Waals surface area (Å²) in [7, 11) is 0. The summed E-state index contributed by atoms with van der Waals surface area (Å²) in [4.78, 5) is 13.8. The molecule has 2 N–H and O–H groups in total. The van der Waals surface area contributed by atoms with Crippen LogP contribution in [0.2, 0.25) is 0 Å². The Morgan fingerprint density at radius 3 is 2.73 bits per heavy atom. The maximum atomic E-state index is 12.7. The number of hydrogen-bond acceptors (Lipinski definition) is 5. The van der Waals surface area contributed by atoms with E-state index in [9.17, 15) is 4.79 Å². The van der Waals surface area contributed by atoms with Gasteiger partial charge in [0.25, 0.3) is 5.91 Å². The van der Waals surface area contributed by atoms with E-state index in [2.05, 4.69) is 27.0 Å². The number of thioether (sulfide) groups is 1. The van der Waals surface area contributed by atoms with E-state index in [1.165, 1.54) is 25.7 Å². The minimum Gasteiger partial charge on any atom is -0.320 e. The Bertz CT molecular complexity index is 750. The molecule has 7 heteroatoms. The first kappa shape index (κ1) is 17.5. The first-order chi connectivity index (χ1) is 12.8. The number of anilines is 1. The zero-order valence-electron chi connectivity index (χ0n) is 14.9. The van der Waals surface area contributed by atoms with Crippen LogP contribution in [0.15, 0.2) is 35.4 Å².